The van der Waals surface area contributed by atoms with Gasteiger partial charge in [-0.05, 0) is 57.0 Å². The van der Waals surface area contributed by atoms with Crippen molar-refractivity contribution in [2.75, 3.05) is 18.4 Å². The van der Waals surface area contributed by atoms with E-state index < -0.39 is 28.0 Å². The van der Waals surface area contributed by atoms with E-state index in [1.807, 2.05) is 19.1 Å². The lowest BCUT2D eigenvalue weighted by molar-refractivity contribution is -0.123. The average molecular weight is 465 g/mol. The summed E-state index contributed by atoms with van der Waals surface area (Å²) in [4.78, 5) is 25.0. The lowest BCUT2D eigenvalue weighted by Gasteiger charge is -2.26. The van der Waals surface area contributed by atoms with Gasteiger partial charge in [0.15, 0.2) is 6.10 Å². The molecule has 1 fully saturated rings. The molecule has 0 unspecified atom stereocenters. The number of piperidine rings is 1. The summed E-state index contributed by atoms with van der Waals surface area (Å²) >= 11 is 6.12. The van der Waals surface area contributed by atoms with Crippen LogP contribution in [0, 0.1) is 6.92 Å². The van der Waals surface area contributed by atoms with Crippen LogP contribution >= 0.6 is 11.6 Å². The second kappa shape index (κ2) is 9.80. The smallest absolute Gasteiger partial charge is 0.340 e. The number of ether oxygens (including phenoxy) is 1. The molecule has 0 aromatic heterocycles. The molecule has 0 spiro atoms. The van der Waals surface area contributed by atoms with Crippen LogP contribution in [0.15, 0.2) is 47.4 Å². The summed E-state index contributed by atoms with van der Waals surface area (Å²) in [6.45, 7) is 4.25. The van der Waals surface area contributed by atoms with Gasteiger partial charge in [0.05, 0.1) is 15.5 Å². The Morgan fingerprint density at radius 2 is 1.71 bits per heavy atom. The molecule has 31 heavy (non-hydrogen) atoms. The predicted octanol–water partition coefficient (Wildman–Crippen LogP) is 4.01. The zero-order valence-electron chi connectivity index (χ0n) is 17.4. The van der Waals surface area contributed by atoms with Crippen molar-refractivity contribution in [3.05, 3.63) is 58.6 Å². The number of nitrogens with zero attached hydrogens (tertiary/aromatic N) is 1. The van der Waals surface area contributed by atoms with Crippen LogP contribution in [0.25, 0.3) is 0 Å². The predicted molar refractivity (Wildman–Crippen MR) is 119 cm³/mol. The van der Waals surface area contributed by atoms with Crippen molar-refractivity contribution in [2.24, 2.45) is 0 Å². The van der Waals surface area contributed by atoms with E-state index in [-0.39, 0.29) is 15.5 Å². The first kappa shape index (κ1) is 23.2. The number of carbonyl (C=O) groups is 2. The maximum atomic E-state index is 12.9. The molecule has 1 heterocycles. The minimum Gasteiger partial charge on any atom is -0.449 e. The minimum absolute atomic E-state index is 0.0255. The number of halogens is 1. The molecule has 166 valence electrons. The van der Waals surface area contributed by atoms with E-state index >= 15 is 0 Å². The van der Waals surface area contributed by atoms with Crippen LogP contribution in [0.1, 0.15) is 42.1 Å². The molecule has 0 saturated carbocycles. The normalized spacial score (nSPS) is 15.8. The second-order valence-electron chi connectivity index (χ2n) is 7.51. The van der Waals surface area contributed by atoms with Crippen LogP contribution in [0.3, 0.4) is 0 Å². The fourth-order valence-corrected chi connectivity index (χ4v) is 4.97. The number of aryl methyl sites for hydroxylation is 1. The molecule has 0 radical (unpaired) electrons. The number of rotatable bonds is 6. The highest BCUT2D eigenvalue weighted by Gasteiger charge is 2.28. The lowest BCUT2D eigenvalue weighted by Crippen LogP contribution is -2.35. The number of hydrogen-bond donors (Lipinski definition) is 1. The minimum atomic E-state index is -3.74. The average Bonchev–Trinajstić information content (AvgIpc) is 2.76. The fourth-order valence-electron chi connectivity index (χ4n) is 3.23. The number of sulfonamides is 1. The Balaban J connectivity index is 1.72. The fraction of sp³-hybridized carbons (Fsp3) is 0.364. The maximum absolute atomic E-state index is 12.9. The molecule has 1 atom stereocenters. The molecule has 2 aromatic rings. The molecular weight excluding hydrogens is 440 g/mol. The van der Waals surface area contributed by atoms with Gasteiger partial charge in [0.25, 0.3) is 5.91 Å². The van der Waals surface area contributed by atoms with E-state index in [0.717, 1.165) is 24.8 Å². The Kier molecular flexibility index (Phi) is 7.35. The maximum Gasteiger partial charge on any atom is 0.340 e. The first-order valence-corrected chi connectivity index (χ1v) is 11.9. The van der Waals surface area contributed by atoms with Crippen molar-refractivity contribution in [2.45, 2.75) is 44.1 Å². The van der Waals surface area contributed by atoms with Crippen LogP contribution < -0.4 is 5.32 Å². The van der Waals surface area contributed by atoms with Crippen LogP contribution in [0.2, 0.25) is 5.02 Å². The first-order valence-electron chi connectivity index (χ1n) is 10.1. The van der Waals surface area contributed by atoms with Gasteiger partial charge < -0.3 is 10.1 Å². The Hall–Kier alpha value is -2.42. The van der Waals surface area contributed by atoms with Crippen LogP contribution in [-0.2, 0) is 19.6 Å². The topological polar surface area (TPSA) is 92.8 Å². The van der Waals surface area contributed by atoms with E-state index in [2.05, 4.69) is 5.32 Å². The Morgan fingerprint density at radius 3 is 2.35 bits per heavy atom. The quantitative estimate of drug-likeness (QED) is 0.652. The van der Waals surface area contributed by atoms with Crippen LogP contribution in [-0.4, -0.2) is 43.8 Å². The Bertz CT molecular complexity index is 1060. The van der Waals surface area contributed by atoms with Gasteiger partial charge in [0.2, 0.25) is 10.0 Å². The number of carbonyl (C=O) groups excluding carboxylic acids is 2. The van der Waals surface area contributed by atoms with Gasteiger partial charge in [-0.2, -0.15) is 4.31 Å². The van der Waals surface area contributed by atoms with Gasteiger partial charge in [-0.25, -0.2) is 13.2 Å². The van der Waals surface area contributed by atoms with E-state index in [1.165, 1.54) is 29.4 Å². The number of benzene rings is 2. The SMILES string of the molecule is Cc1ccc(NC(=O)[C@H](C)OC(=O)c2cc(S(=O)(=O)N3CCCCC3)ccc2Cl)cc1. The summed E-state index contributed by atoms with van der Waals surface area (Å²) < 4.78 is 32.4. The number of amides is 1. The van der Waals surface area contributed by atoms with Gasteiger partial charge in [0, 0.05) is 18.8 Å². The van der Waals surface area contributed by atoms with E-state index in [4.69, 9.17) is 16.3 Å². The summed E-state index contributed by atoms with van der Waals surface area (Å²) in [5.74, 6) is -1.38. The van der Waals surface area contributed by atoms with Crippen LogP contribution in [0.5, 0.6) is 0 Å². The van der Waals surface area contributed by atoms with Crippen molar-refractivity contribution < 1.29 is 22.7 Å². The van der Waals surface area contributed by atoms with Crippen molar-refractivity contribution in [3.63, 3.8) is 0 Å². The van der Waals surface area contributed by atoms with Gasteiger partial charge in [-0.1, -0.05) is 35.7 Å². The molecule has 3 rings (SSSR count). The molecule has 2 aromatic carbocycles. The molecule has 1 N–H and O–H groups in total. The van der Waals surface area contributed by atoms with Gasteiger partial charge in [-0.3, -0.25) is 4.79 Å². The van der Waals surface area contributed by atoms with E-state index in [1.54, 1.807) is 12.1 Å². The molecule has 1 amide bonds. The number of hydrogen-bond acceptors (Lipinski definition) is 5. The molecule has 0 aliphatic carbocycles. The summed E-state index contributed by atoms with van der Waals surface area (Å²) in [5.41, 5.74) is 1.52. The van der Waals surface area contributed by atoms with Crippen molar-refractivity contribution in [1.82, 2.24) is 4.31 Å². The molecule has 0 bridgehead atoms. The zero-order chi connectivity index (χ0) is 22.6. The highest BCUT2D eigenvalue weighted by atomic mass is 35.5. The van der Waals surface area contributed by atoms with E-state index in [0.29, 0.717) is 18.8 Å². The standard InChI is InChI=1S/C22H25ClN2O5S/c1-15-6-8-17(9-7-15)24-21(26)16(2)30-22(27)19-14-18(10-11-20(19)23)31(28,29)25-12-4-3-5-13-25/h6-11,14,16H,3-5,12-13H2,1-2H3,(H,24,26)/t16-/m0/s1. The van der Waals surface area contributed by atoms with Gasteiger partial charge in [0.1, 0.15) is 0 Å². The molecule has 9 heteroatoms. The first-order chi connectivity index (χ1) is 14.7. The second-order valence-corrected chi connectivity index (χ2v) is 9.85. The third-order valence-corrected chi connectivity index (χ3v) is 7.31. The zero-order valence-corrected chi connectivity index (χ0v) is 19.0. The monoisotopic (exact) mass is 464 g/mol. The number of anilines is 1. The molecule has 7 nitrogen and oxygen atoms in total. The van der Waals surface area contributed by atoms with Crippen molar-refractivity contribution in [1.29, 1.82) is 0 Å². The van der Waals surface area contributed by atoms with Gasteiger partial charge >= 0.3 is 5.97 Å². The third-order valence-electron chi connectivity index (χ3n) is 5.08. The largest absolute Gasteiger partial charge is 0.449 e. The third kappa shape index (κ3) is 5.64. The lowest BCUT2D eigenvalue weighted by atomic mass is 10.2. The number of esters is 1. The highest BCUT2D eigenvalue weighted by Crippen LogP contribution is 2.26. The number of nitrogens with one attached hydrogen (secondary N) is 1. The van der Waals surface area contributed by atoms with E-state index in [9.17, 15) is 18.0 Å². The molecule has 1 aliphatic heterocycles. The van der Waals surface area contributed by atoms with Crippen LogP contribution in [0.4, 0.5) is 5.69 Å². The summed E-state index contributed by atoms with van der Waals surface area (Å²) in [5, 5.41) is 2.72. The molecular formula is C22H25ClN2O5S. The summed E-state index contributed by atoms with van der Waals surface area (Å²) in [7, 11) is -3.74. The molecule has 1 saturated heterocycles. The van der Waals surface area contributed by atoms with Crippen molar-refractivity contribution in [3.8, 4) is 0 Å². The Labute approximate surface area is 187 Å². The summed E-state index contributed by atoms with van der Waals surface area (Å²) in [6.07, 6.45) is 1.49. The summed E-state index contributed by atoms with van der Waals surface area (Å²) in [6, 6.07) is 11.1. The highest BCUT2D eigenvalue weighted by molar-refractivity contribution is 7.89. The molecule has 1 aliphatic rings. The Morgan fingerprint density at radius 1 is 1.06 bits per heavy atom. The van der Waals surface area contributed by atoms with Gasteiger partial charge in [-0.15, -0.1) is 0 Å². The van der Waals surface area contributed by atoms with Crippen molar-refractivity contribution >= 4 is 39.2 Å².